The number of carbonyl (C=O) groups excluding carboxylic acids is 2. The van der Waals surface area contributed by atoms with E-state index in [4.69, 9.17) is 0 Å². The second-order valence-corrected chi connectivity index (χ2v) is 4.41. The summed E-state index contributed by atoms with van der Waals surface area (Å²) in [7, 11) is 2.42. The van der Waals surface area contributed by atoms with Crippen LogP contribution in [0, 0.1) is 0 Å². The van der Waals surface area contributed by atoms with Gasteiger partial charge in [-0.3, -0.25) is 0 Å². The van der Waals surface area contributed by atoms with E-state index >= 15 is 0 Å². The molecule has 0 radical (unpaired) electrons. The summed E-state index contributed by atoms with van der Waals surface area (Å²) < 4.78 is 9.16. The average Bonchev–Trinajstić information content (AvgIpc) is 2.53. The first kappa shape index (κ1) is 15.4. The third kappa shape index (κ3) is 3.35. The Bertz CT molecular complexity index is 751. The number of rotatable bonds is 4. The number of phenolic OH excluding ortho intramolecular Hbond substituents is 1. The van der Waals surface area contributed by atoms with Gasteiger partial charge in [0, 0.05) is 11.1 Å². The molecule has 0 unspecified atom stereocenters. The van der Waals surface area contributed by atoms with E-state index in [0.29, 0.717) is 11.1 Å². The quantitative estimate of drug-likeness (QED) is 0.665. The molecule has 0 spiro atoms. The normalized spacial score (nSPS) is 11.1. The lowest BCUT2D eigenvalue weighted by atomic mass is 10.1. The summed E-state index contributed by atoms with van der Waals surface area (Å²) in [6.07, 6.45) is 1.01. The number of esters is 2. The molecular formula is C16H15NO5. The lowest BCUT2D eigenvalue weighted by Crippen LogP contribution is -2.15. The summed E-state index contributed by atoms with van der Waals surface area (Å²) in [5.74, 6) is -1.29. The molecule has 2 aromatic rings. The van der Waals surface area contributed by atoms with Gasteiger partial charge in [0.1, 0.15) is 11.4 Å². The van der Waals surface area contributed by atoms with Gasteiger partial charge in [0.05, 0.1) is 20.3 Å². The second kappa shape index (κ2) is 6.62. The van der Waals surface area contributed by atoms with Crippen molar-refractivity contribution in [3.63, 3.8) is 0 Å². The van der Waals surface area contributed by atoms with Gasteiger partial charge in [-0.15, -0.1) is 0 Å². The van der Waals surface area contributed by atoms with Crippen LogP contribution in [0.5, 0.6) is 5.75 Å². The summed E-state index contributed by atoms with van der Waals surface area (Å²) in [6.45, 7) is 0. The minimum absolute atomic E-state index is 0.0646. The Hall–Kier alpha value is -3.02. The third-order valence-electron chi connectivity index (χ3n) is 3.00. The third-order valence-corrected chi connectivity index (χ3v) is 3.00. The largest absolute Gasteiger partial charge is 0.508 e. The molecule has 2 rings (SSSR count). The van der Waals surface area contributed by atoms with Gasteiger partial charge in [0.2, 0.25) is 0 Å². The van der Waals surface area contributed by atoms with E-state index in [1.54, 1.807) is 30.3 Å². The minimum Gasteiger partial charge on any atom is -0.508 e. The zero-order valence-electron chi connectivity index (χ0n) is 12.1. The summed E-state index contributed by atoms with van der Waals surface area (Å²) in [5.41, 5.74) is 0.485. The van der Waals surface area contributed by atoms with Crippen molar-refractivity contribution < 1.29 is 24.2 Å². The monoisotopic (exact) mass is 301 g/mol. The Kier molecular flexibility index (Phi) is 4.63. The highest BCUT2D eigenvalue weighted by molar-refractivity contribution is 6.02. The molecule has 0 amide bonds. The van der Waals surface area contributed by atoms with Crippen molar-refractivity contribution in [1.29, 1.82) is 0 Å². The highest BCUT2D eigenvalue weighted by Gasteiger charge is 2.14. The SMILES string of the molecule is COC(=O)/C=C(/Nc1cccc2ccc(O)cc12)C(=O)OC. The van der Waals surface area contributed by atoms with E-state index in [0.717, 1.165) is 11.5 Å². The van der Waals surface area contributed by atoms with Gasteiger partial charge >= 0.3 is 11.9 Å². The van der Waals surface area contributed by atoms with Crippen molar-refractivity contribution >= 4 is 28.4 Å². The average molecular weight is 301 g/mol. The fraction of sp³-hybridized carbons (Fsp3) is 0.125. The molecule has 0 saturated heterocycles. The predicted molar refractivity (Wildman–Crippen MR) is 81.4 cm³/mol. The van der Waals surface area contributed by atoms with Crippen molar-refractivity contribution in [2.24, 2.45) is 0 Å². The fourth-order valence-electron chi connectivity index (χ4n) is 1.95. The molecule has 114 valence electrons. The van der Waals surface area contributed by atoms with E-state index in [2.05, 4.69) is 14.8 Å². The number of benzene rings is 2. The molecule has 0 heterocycles. The van der Waals surface area contributed by atoms with Crippen LogP contribution in [0.1, 0.15) is 0 Å². The van der Waals surface area contributed by atoms with E-state index in [-0.39, 0.29) is 11.4 Å². The lowest BCUT2D eigenvalue weighted by Gasteiger charge is -2.12. The van der Waals surface area contributed by atoms with Gasteiger partial charge in [0.15, 0.2) is 0 Å². The first-order chi connectivity index (χ1) is 10.5. The number of fused-ring (bicyclic) bond motifs is 1. The standard InChI is InChI=1S/C16H15NO5/c1-21-15(19)9-14(16(20)22-2)17-13-5-3-4-10-6-7-11(18)8-12(10)13/h3-9,17-18H,1-2H3/b14-9+. The number of methoxy groups -OCH3 is 2. The van der Waals surface area contributed by atoms with E-state index in [1.807, 2.05) is 6.07 Å². The van der Waals surface area contributed by atoms with Crippen molar-refractivity contribution in [3.05, 3.63) is 48.2 Å². The van der Waals surface area contributed by atoms with Crippen LogP contribution in [0.15, 0.2) is 48.2 Å². The molecule has 0 atom stereocenters. The predicted octanol–water partition coefficient (Wildman–Crippen LogP) is 2.19. The number of carbonyl (C=O) groups is 2. The summed E-state index contributed by atoms with van der Waals surface area (Å²) >= 11 is 0. The van der Waals surface area contributed by atoms with Crippen molar-refractivity contribution in [3.8, 4) is 5.75 Å². The zero-order chi connectivity index (χ0) is 16.1. The summed E-state index contributed by atoms with van der Waals surface area (Å²) in [5, 5.41) is 14.0. The number of aromatic hydroxyl groups is 1. The summed E-state index contributed by atoms with van der Waals surface area (Å²) in [6, 6.07) is 10.2. The minimum atomic E-state index is -0.706. The van der Waals surface area contributed by atoms with Crippen LogP contribution < -0.4 is 5.32 Å². The number of phenols is 1. The highest BCUT2D eigenvalue weighted by Crippen LogP contribution is 2.28. The van der Waals surface area contributed by atoms with E-state index in [1.165, 1.54) is 14.2 Å². The molecule has 0 bridgehead atoms. The Morgan fingerprint density at radius 3 is 2.59 bits per heavy atom. The van der Waals surface area contributed by atoms with Gasteiger partial charge in [0.25, 0.3) is 0 Å². The Balaban J connectivity index is 2.46. The van der Waals surface area contributed by atoms with Crippen LogP contribution in [-0.2, 0) is 19.1 Å². The van der Waals surface area contributed by atoms with E-state index < -0.39 is 11.9 Å². The fourth-order valence-corrected chi connectivity index (χ4v) is 1.95. The number of ether oxygens (including phenoxy) is 2. The number of anilines is 1. The number of nitrogens with one attached hydrogen (secondary N) is 1. The molecule has 0 aliphatic carbocycles. The molecule has 0 aliphatic rings. The van der Waals surface area contributed by atoms with Gasteiger partial charge in [-0.1, -0.05) is 18.2 Å². The van der Waals surface area contributed by atoms with Crippen molar-refractivity contribution in [2.45, 2.75) is 0 Å². The molecule has 2 N–H and O–H groups in total. The Morgan fingerprint density at radius 1 is 1.14 bits per heavy atom. The van der Waals surface area contributed by atoms with E-state index in [9.17, 15) is 14.7 Å². The number of hydrogen-bond acceptors (Lipinski definition) is 6. The molecule has 0 saturated carbocycles. The summed E-state index contributed by atoms with van der Waals surface area (Å²) in [4.78, 5) is 23.1. The molecule has 6 heteroatoms. The van der Waals surface area contributed by atoms with Crippen LogP contribution in [-0.4, -0.2) is 31.3 Å². The van der Waals surface area contributed by atoms with Gasteiger partial charge in [-0.2, -0.15) is 0 Å². The topological polar surface area (TPSA) is 84.9 Å². The van der Waals surface area contributed by atoms with Gasteiger partial charge < -0.3 is 19.9 Å². The molecular weight excluding hydrogens is 286 g/mol. The van der Waals surface area contributed by atoms with Crippen LogP contribution in [0.4, 0.5) is 5.69 Å². The smallest absolute Gasteiger partial charge is 0.354 e. The molecule has 6 nitrogen and oxygen atoms in total. The van der Waals surface area contributed by atoms with Crippen molar-refractivity contribution in [1.82, 2.24) is 0 Å². The van der Waals surface area contributed by atoms with Crippen LogP contribution in [0.3, 0.4) is 0 Å². The molecule has 0 fully saturated rings. The first-order valence-electron chi connectivity index (χ1n) is 6.42. The maximum Gasteiger partial charge on any atom is 0.354 e. The Morgan fingerprint density at radius 2 is 1.91 bits per heavy atom. The van der Waals surface area contributed by atoms with Crippen LogP contribution in [0.2, 0.25) is 0 Å². The first-order valence-corrected chi connectivity index (χ1v) is 6.42. The highest BCUT2D eigenvalue weighted by atomic mass is 16.5. The Labute approximate surface area is 127 Å². The number of hydrogen-bond donors (Lipinski definition) is 2. The van der Waals surface area contributed by atoms with Crippen LogP contribution >= 0.6 is 0 Å². The molecule has 0 aliphatic heterocycles. The maximum absolute atomic E-state index is 11.8. The second-order valence-electron chi connectivity index (χ2n) is 4.41. The van der Waals surface area contributed by atoms with Gasteiger partial charge in [-0.05, 0) is 23.6 Å². The molecule has 22 heavy (non-hydrogen) atoms. The molecule has 0 aromatic heterocycles. The zero-order valence-corrected chi connectivity index (χ0v) is 12.1. The van der Waals surface area contributed by atoms with Crippen LogP contribution in [0.25, 0.3) is 10.8 Å². The maximum atomic E-state index is 11.8. The van der Waals surface area contributed by atoms with Gasteiger partial charge in [-0.25, -0.2) is 9.59 Å². The van der Waals surface area contributed by atoms with Crippen molar-refractivity contribution in [2.75, 3.05) is 19.5 Å². The lowest BCUT2D eigenvalue weighted by molar-refractivity contribution is -0.138. The molecule has 2 aromatic carbocycles.